The Morgan fingerprint density at radius 3 is 2.60 bits per heavy atom. The van der Waals surface area contributed by atoms with Gasteiger partial charge in [-0.1, -0.05) is 0 Å². The van der Waals surface area contributed by atoms with E-state index in [0.29, 0.717) is 18.4 Å². The predicted octanol–water partition coefficient (Wildman–Crippen LogP) is 2.75. The molecule has 2 aromatic heterocycles. The van der Waals surface area contributed by atoms with E-state index in [0.717, 1.165) is 23.7 Å². The number of hydrogen-bond donors (Lipinski definition) is 1. The van der Waals surface area contributed by atoms with E-state index >= 15 is 0 Å². The summed E-state index contributed by atoms with van der Waals surface area (Å²) in [4.78, 5) is 20.1. The van der Waals surface area contributed by atoms with Crippen LogP contribution >= 0.6 is 22.9 Å². The van der Waals surface area contributed by atoms with Crippen LogP contribution in [0.3, 0.4) is 0 Å². The monoisotopic (exact) mass is 312 g/mol. The third-order valence-electron chi connectivity index (χ3n) is 2.89. The summed E-state index contributed by atoms with van der Waals surface area (Å²) in [5, 5.41) is 3.37. The van der Waals surface area contributed by atoms with E-state index in [1.54, 1.807) is 11.3 Å². The first kappa shape index (κ1) is 14.9. The zero-order valence-corrected chi connectivity index (χ0v) is 13.3. The van der Waals surface area contributed by atoms with Crippen molar-refractivity contribution in [3.8, 4) is 0 Å². The molecule has 0 amide bonds. The van der Waals surface area contributed by atoms with Gasteiger partial charge in [-0.25, -0.2) is 4.98 Å². The largest absolute Gasteiger partial charge is 0.349 e. The minimum absolute atomic E-state index is 0.199. The molecule has 0 bridgehead atoms. The molecule has 1 N–H and O–H groups in total. The first-order chi connectivity index (χ1) is 9.63. The smallest absolute Gasteiger partial charge is 0.231 e. The molecule has 2 rings (SSSR count). The minimum atomic E-state index is 0.199. The Hall–Kier alpha value is -1.47. The highest BCUT2D eigenvalue weighted by Gasteiger charge is 2.10. The fourth-order valence-electron chi connectivity index (χ4n) is 1.72. The zero-order valence-electron chi connectivity index (χ0n) is 11.7. The Bertz CT molecular complexity index is 569. The van der Waals surface area contributed by atoms with Crippen molar-refractivity contribution < 1.29 is 0 Å². The Kier molecular flexibility index (Phi) is 5.08. The lowest BCUT2D eigenvalue weighted by atomic mass is 10.4. The van der Waals surface area contributed by atoms with Gasteiger partial charge in [-0.05, 0) is 32.4 Å². The van der Waals surface area contributed by atoms with Crippen molar-refractivity contribution >= 4 is 34.8 Å². The van der Waals surface area contributed by atoms with Gasteiger partial charge in [0, 0.05) is 18.0 Å². The number of aromatic nitrogens is 4. The normalized spacial score (nSPS) is 10.6. The third-order valence-corrected chi connectivity index (χ3v) is 4.00. The predicted molar refractivity (Wildman–Crippen MR) is 82.6 cm³/mol. The molecule has 0 aliphatic heterocycles. The molecule has 2 heterocycles. The maximum Gasteiger partial charge on any atom is 0.231 e. The van der Waals surface area contributed by atoms with E-state index in [9.17, 15) is 0 Å². The topological polar surface area (TPSA) is 66.8 Å². The lowest BCUT2D eigenvalue weighted by Gasteiger charge is -2.18. The number of halogens is 1. The summed E-state index contributed by atoms with van der Waals surface area (Å²) in [6.07, 6.45) is 0. The van der Waals surface area contributed by atoms with E-state index in [-0.39, 0.29) is 5.28 Å². The van der Waals surface area contributed by atoms with Crippen molar-refractivity contribution in [2.24, 2.45) is 0 Å². The number of rotatable bonds is 6. The molecule has 0 fully saturated rings. The fraction of sp³-hybridized carbons (Fsp3) is 0.500. The maximum absolute atomic E-state index is 5.96. The van der Waals surface area contributed by atoms with Crippen molar-refractivity contribution in [2.45, 2.75) is 27.3 Å². The van der Waals surface area contributed by atoms with E-state index in [2.05, 4.69) is 39.1 Å². The van der Waals surface area contributed by atoms with Crippen LogP contribution in [-0.2, 0) is 6.54 Å². The van der Waals surface area contributed by atoms with Crippen LogP contribution in [0.2, 0.25) is 5.28 Å². The van der Waals surface area contributed by atoms with Crippen LogP contribution in [0.15, 0.2) is 5.51 Å². The third kappa shape index (κ3) is 3.55. The van der Waals surface area contributed by atoms with Gasteiger partial charge in [-0.2, -0.15) is 15.0 Å². The summed E-state index contributed by atoms with van der Waals surface area (Å²) in [6.45, 7) is 8.36. The summed E-state index contributed by atoms with van der Waals surface area (Å²) in [5.74, 6) is 1.08. The summed E-state index contributed by atoms with van der Waals surface area (Å²) >= 11 is 7.57. The molecular weight excluding hydrogens is 296 g/mol. The fourth-order valence-corrected chi connectivity index (χ4v) is 2.59. The van der Waals surface area contributed by atoms with E-state index in [4.69, 9.17) is 11.6 Å². The molecule has 8 heteroatoms. The first-order valence-electron chi connectivity index (χ1n) is 6.43. The molecule has 0 saturated carbocycles. The van der Waals surface area contributed by atoms with Gasteiger partial charge in [0.05, 0.1) is 17.7 Å². The van der Waals surface area contributed by atoms with Gasteiger partial charge in [-0.3, -0.25) is 0 Å². The van der Waals surface area contributed by atoms with Crippen LogP contribution in [0.1, 0.15) is 24.4 Å². The van der Waals surface area contributed by atoms with Crippen molar-refractivity contribution in [3.05, 3.63) is 21.4 Å². The number of nitrogens with zero attached hydrogens (tertiary/aromatic N) is 5. The lowest BCUT2D eigenvalue weighted by molar-refractivity contribution is 0.811. The van der Waals surface area contributed by atoms with Gasteiger partial charge in [0.15, 0.2) is 0 Å². The van der Waals surface area contributed by atoms with Crippen LogP contribution in [0, 0.1) is 6.92 Å². The molecule has 0 spiro atoms. The van der Waals surface area contributed by atoms with Crippen molar-refractivity contribution in [1.82, 2.24) is 19.9 Å². The lowest BCUT2D eigenvalue weighted by Crippen LogP contribution is -2.25. The number of nitrogens with one attached hydrogen (secondary N) is 1. The van der Waals surface area contributed by atoms with Crippen LogP contribution in [0.4, 0.5) is 11.9 Å². The standard InChI is InChI=1S/C12H17ClN6S/c1-4-19(5-2)12-17-10(13)16-11(18-12)14-6-9-8(3)15-7-20-9/h7H,4-6H2,1-3H3,(H,14,16,17,18). The molecule has 0 unspecified atom stereocenters. The molecule has 0 atom stereocenters. The van der Waals surface area contributed by atoms with Gasteiger partial charge in [-0.15, -0.1) is 11.3 Å². The highest BCUT2D eigenvalue weighted by molar-refractivity contribution is 7.09. The van der Waals surface area contributed by atoms with Crippen LogP contribution in [0.5, 0.6) is 0 Å². The van der Waals surface area contributed by atoms with Gasteiger partial charge >= 0.3 is 0 Å². The molecule has 108 valence electrons. The Morgan fingerprint density at radius 2 is 2.00 bits per heavy atom. The van der Waals surface area contributed by atoms with E-state index in [1.165, 1.54) is 0 Å². The summed E-state index contributed by atoms with van der Waals surface area (Å²) < 4.78 is 0. The number of aryl methyl sites for hydroxylation is 1. The molecular formula is C12H17ClN6S. The van der Waals surface area contributed by atoms with Gasteiger partial charge < -0.3 is 10.2 Å². The average molecular weight is 313 g/mol. The Labute approximate surface area is 127 Å². The second kappa shape index (κ2) is 6.81. The van der Waals surface area contributed by atoms with Gasteiger partial charge in [0.25, 0.3) is 0 Å². The molecule has 2 aromatic rings. The quantitative estimate of drug-likeness (QED) is 0.884. The summed E-state index contributed by atoms with van der Waals surface area (Å²) in [5.41, 5.74) is 2.85. The van der Waals surface area contributed by atoms with Crippen LogP contribution in [0.25, 0.3) is 0 Å². The average Bonchev–Trinajstić information content (AvgIpc) is 2.83. The molecule has 0 radical (unpaired) electrons. The summed E-state index contributed by atoms with van der Waals surface area (Å²) in [6, 6.07) is 0. The van der Waals surface area contributed by atoms with Crippen molar-refractivity contribution in [1.29, 1.82) is 0 Å². The molecule has 20 heavy (non-hydrogen) atoms. The Balaban J connectivity index is 2.13. The number of hydrogen-bond acceptors (Lipinski definition) is 7. The first-order valence-corrected chi connectivity index (χ1v) is 7.69. The van der Waals surface area contributed by atoms with E-state index < -0.39 is 0 Å². The second-order valence-corrected chi connectivity index (χ2v) is 5.39. The van der Waals surface area contributed by atoms with Crippen molar-refractivity contribution in [2.75, 3.05) is 23.3 Å². The van der Waals surface area contributed by atoms with Gasteiger partial charge in [0.1, 0.15) is 0 Å². The van der Waals surface area contributed by atoms with Crippen LogP contribution < -0.4 is 10.2 Å². The molecule has 0 aromatic carbocycles. The highest BCUT2D eigenvalue weighted by atomic mass is 35.5. The summed E-state index contributed by atoms with van der Waals surface area (Å²) in [7, 11) is 0. The molecule has 0 aliphatic rings. The number of anilines is 2. The SMILES string of the molecule is CCN(CC)c1nc(Cl)nc(NCc2scnc2C)n1. The van der Waals surface area contributed by atoms with Gasteiger partial charge in [0.2, 0.25) is 17.2 Å². The maximum atomic E-state index is 5.96. The van der Waals surface area contributed by atoms with Crippen LogP contribution in [-0.4, -0.2) is 33.0 Å². The molecule has 0 aliphatic carbocycles. The second-order valence-electron chi connectivity index (χ2n) is 4.11. The molecule has 6 nitrogen and oxygen atoms in total. The Morgan fingerprint density at radius 1 is 1.25 bits per heavy atom. The van der Waals surface area contributed by atoms with E-state index in [1.807, 2.05) is 17.3 Å². The zero-order chi connectivity index (χ0) is 14.5. The minimum Gasteiger partial charge on any atom is -0.349 e. The van der Waals surface area contributed by atoms with Crippen molar-refractivity contribution in [3.63, 3.8) is 0 Å². The highest BCUT2D eigenvalue weighted by Crippen LogP contribution is 2.16. The number of thiazole rings is 1. The molecule has 0 saturated heterocycles.